The number of nitrogens with zero attached hydrogens (tertiary/aromatic N) is 2. The Morgan fingerprint density at radius 2 is 2.13 bits per heavy atom. The molecule has 124 valence electrons. The molecule has 1 atom stereocenters. The van der Waals surface area contributed by atoms with Crippen LogP contribution in [0, 0.1) is 5.92 Å². The average Bonchev–Trinajstić information content (AvgIpc) is 3.08. The quantitative estimate of drug-likeness (QED) is 0.787. The molecule has 0 bridgehead atoms. The first-order valence-corrected chi connectivity index (χ1v) is 9.22. The van der Waals surface area contributed by atoms with Gasteiger partial charge in [-0.3, -0.25) is 0 Å². The number of esters is 1. The second kappa shape index (κ2) is 5.96. The van der Waals surface area contributed by atoms with Crippen LogP contribution in [0.1, 0.15) is 32.3 Å². The maximum absolute atomic E-state index is 12.3. The number of benzene rings is 1. The Hall–Kier alpha value is -1.89. The number of carbonyl (C=O) groups is 1. The summed E-state index contributed by atoms with van der Waals surface area (Å²) in [7, 11) is -3.67. The standard InChI is InChI=1S/C16H20N2O4S/c1-11(2)10-22-16(19)13-7-5-9-18(13)15-12-6-3-4-8-14(12)23(20,21)17-15/h3-4,6,8,11,13H,5,7,9-10H2,1-2H3/t13-/m0/s1. The zero-order chi connectivity index (χ0) is 16.6. The molecule has 0 radical (unpaired) electrons. The van der Waals surface area contributed by atoms with Gasteiger partial charge in [0.2, 0.25) is 0 Å². The lowest BCUT2D eigenvalue weighted by atomic mass is 10.1. The predicted molar refractivity (Wildman–Crippen MR) is 85.7 cm³/mol. The van der Waals surface area contributed by atoms with E-state index in [1.54, 1.807) is 29.2 Å². The van der Waals surface area contributed by atoms with E-state index < -0.39 is 16.1 Å². The van der Waals surface area contributed by atoms with Gasteiger partial charge in [-0.1, -0.05) is 26.0 Å². The molecule has 0 saturated carbocycles. The zero-order valence-corrected chi connectivity index (χ0v) is 14.0. The van der Waals surface area contributed by atoms with Gasteiger partial charge in [0, 0.05) is 12.1 Å². The summed E-state index contributed by atoms with van der Waals surface area (Å²) in [4.78, 5) is 14.3. The van der Waals surface area contributed by atoms with E-state index in [2.05, 4.69) is 4.40 Å². The molecular formula is C16H20N2O4S. The highest BCUT2D eigenvalue weighted by Crippen LogP contribution is 2.31. The van der Waals surface area contributed by atoms with Gasteiger partial charge in [-0.15, -0.1) is 4.40 Å². The van der Waals surface area contributed by atoms with Crippen molar-refractivity contribution in [3.63, 3.8) is 0 Å². The van der Waals surface area contributed by atoms with Crippen molar-refractivity contribution in [3.8, 4) is 0 Å². The van der Waals surface area contributed by atoms with E-state index in [0.717, 1.165) is 6.42 Å². The molecule has 2 aliphatic heterocycles. The summed E-state index contributed by atoms with van der Waals surface area (Å²) in [5.74, 6) is 0.323. The molecule has 0 amide bonds. The fourth-order valence-electron chi connectivity index (χ4n) is 2.91. The Bertz CT molecular complexity index is 755. The molecule has 3 rings (SSSR count). The normalized spacial score (nSPS) is 22.1. The van der Waals surface area contributed by atoms with Crippen LogP contribution in [-0.2, 0) is 19.6 Å². The van der Waals surface area contributed by atoms with Crippen LogP contribution in [0.4, 0.5) is 0 Å². The van der Waals surface area contributed by atoms with Crippen molar-refractivity contribution < 1.29 is 17.9 Å². The number of fused-ring (bicyclic) bond motifs is 1. The number of carbonyl (C=O) groups excluding carboxylic acids is 1. The molecule has 0 N–H and O–H groups in total. The van der Waals surface area contributed by atoms with E-state index in [0.29, 0.717) is 31.0 Å². The SMILES string of the molecule is CC(C)COC(=O)[C@@H]1CCCN1C1=NS(=O)(=O)c2ccccc21. The van der Waals surface area contributed by atoms with Crippen LogP contribution < -0.4 is 0 Å². The number of rotatable bonds is 3. The molecule has 0 unspecified atom stereocenters. The van der Waals surface area contributed by atoms with E-state index >= 15 is 0 Å². The highest BCUT2D eigenvalue weighted by Gasteiger charge is 2.39. The van der Waals surface area contributed by atoms with Gasteiger partial charge in [-0.25, -0.2) is 4.79 Å². The third-order valence-corrected chi connectivity index (χ3v) is 5.29. The third-order valence-electron chi connectivity index (χ3n) is 3.97. The summed E-state index contributed by atoms with van der Waals surface area (Å²) in [5.41, 5.74) is 0.566. The first-order chi connectivity index (χ1) is 10.9. The van der Waals surface area contributed by atoms with Gasteiger partial charge in [0.15, 0.2) is 5.84 Å². The molecule has 0 spiro atoms. The Kier molecular flexibility index (Phi) is 4.14. The lowest BCUT2D eigenvalue weighted by Crippen LogP contribution is -2.41. The fourth-order valence-corrected chi connectivity index (χ4v) is 4.12. The van der Waals surface area contributed by atoms with Gasteiger partial charge in [0.25, 0.3) is 10.0 Å². The summed E-state index contributed by atoms with van der Waals surface area (Å²) in [5, 5.41) is 0. The highest BCUT2D eigenvalue weighted by molar-refractivity contribution is 7.90. The van der Waals surface area contributed by atoms with Gasteiger partial charge in [-0.2, -0.15) is 8.42 Å². The fraction of sp³-hybridized carbons (Fsp3) is 0.500. The molecular weight excluding hydrogens is 316 g/mol. The number of sulfonamides is 1. The molecule has 1 saturated heterocycles. The van der Waals surface area contributed by atoms with E-state index in [9.17, 15) is 13.2 Å². The minimum atomic E-state index is -3.67. The summed E-state index contributed by atoms with van der Waals surface area (Å²) in [6.07, 6.45) is 1.46. The Morgan fingerprint density at radius 3 is 2.87 bits per heavy atom. The number of likely N-dealkylation sites (tertiary alicyclic amines) is 1. The van der Waals surface area contributed by atoms with Crippen molar-refractivity contribution in [2.45, 2.75) is 37.6 Å². The van der Waals surface area contributed by atoms with Crippen LogP contribution in [0.5, 0.6) is 0 Å². The summed E-state index contributed by atoms with van der Waals surface area (Å²) >= 11 is 0. The summed E-state index contributed by atoms with van der Waals surface area (Å²) in [6.45, 7) is 4.92. The van der Waals surface area contributed by atoms with E-state index in [-0.39, 0.29) is 16.8 Å². The first-order valence-electron chi connectivity index (χ1n) is 7.78. The van der Waals surface area contributed by atoms with Crippen LogP contribution in [0.25, 0.3) is 0 Å². The van der Waals surface area contributed by atoms with Crippen molar-refractivity contribution in [2.24, 2.45) is 10.3 Å². The van der Waals surface area contributed by atoms with Gasteiger partial charge >= 0.3 is 5.97 Å². The molecule has 2 aliphatic rings. The molecule has 7 heteroatoms. The molecule has 6 nitrogen and oxygen atoms in total. The largest absolute Gasteiger partial charge is 0.464 e. The van der Waals surface area contributed by atoms with Gasteiger partial charge < -0.3 is 9.64 Å². The number of hydrogen-bond acceptors (Lipinski definition) is 5. The third kappa shape index (κ3) is 2.97. The second-order valence-electron chi connectivity index (χ2n) is 6.26. The lowest BCUT2D eigenvalue weighted by Gasteiger charge is -2.25. The number of amidine groups is 1. The smallest absolute Gasteiger partial charge is 0.328 e. The Labute approximate surface area is 136 Å². The maximum atomic E-state index is 12.3. The van der Waals surface area contributed by atoms with Gasteiger partial charge in [0.05, 0.1) is 6.61 Å². The van der Waals surface area contributed by atoms with E-state index in [1.807, 2.05) is 13.8 Å². The van der Waals surface area contributed by atoms with E-state index in [4.69, 9.17) is 4.74 Å². The summed E-state index contributed by atoms with van der Waals surface area (Å²) in [6, 6.07) is 6.26. The van der Waals surface area contributed by atoms with Crippen molar-refractivity contribution >= 4 is 21.8 Å². The predicted octanol–water partition coefficient (Wildman–Crippen LogP) is 1.80. The Balaban J connectivity index is 1.88. The maximum Gasteiger partial charge on any atom is 0.328 e. The number of hydrogen-bond donors (Lipinski definition) is 0. The molecule has 1 aromatic rings. The van der Waals surface area contributed by atoms with Crippen molar-refractivity contribution in [1.82, 2.24) is 4.90 Å². The van der Waals surface area contributed by atoms with E-state index in [1.165, 1.54) is 0 Å². The molecule has 2 heterocycles. The van der Waals surface area contributed by atoms with Crippen molar-refractivity contribution in [3.05, 3.63) is 29.8 Å². The molecule has 0 aliphatic carbocycles. The molecule has 23 heavy (non-hydrogen) atoms. The molecule has 1 fully saturated rings. The van der Waals surface area contributed by atoms with Crippen LogP contribution >= 0.6 is 0 Å². The average molecular weight is 336 g/mol. The van der Waals surface area contributed by atoms with Crippen molar-refractivity contribution in [1.29, 1.82) is 0 Å². The van der Waals surface area contributed by atoms with Gasteiger partial charge in [-0.05, 0) is 30.9 Å². The van der Waals surface area contributed by atoms with Gasteiger partial charge in [0.1, 0.15) is 10.9 Å². The first kappa shape index (κ1) is 16.0. The minimum Gasteiger partial charge on any atom is -0.464 e. The van der Waals surface area contributed by atoms with Crippen LogP contribution in [-0.4, -0.2) is 44.3 Å². The lowest BCUT2D eigenvalue weighted by molar-refractivity contribution is -0.148. The van der Waals surface area contributed by atoms with Crippen molar-refractivity contribution in [2.75, 3.05) is 13.2 Å². The zero-order valence-electron chi connectivity index (χ0n) is 13.2. The molecule has 0 aromatic heterocycles. The second-order valence-corrected chi connectivity index (χ2v) is 7.83. The van der Waals surface area contributed by atoms with Crippen LogP contribution in [0.3, 0.4) is 0 Å². The monoisotopic (exact) mass is 336 g/mol. The minimum absolute atomic E-state index is 0.205. The van der Waals surface area contributed by atoms with Crippen LogP contribution in [0.15, 0.2) is 33.6 Å². The topological polar surface area (TPSA) is 76.0 Å². The highest BCUT2D eigenvalue weighted by atomic mass is 32.2. The Morgan fingerprint density at radius 1 is 1.39 bits per heavy atom. The van der Waals surface area contributed by atoms with Crippen LogP contribution in [0.2, 0.25) is 0 Å². The summed E-state index contributed by atoms with van der Waals surface area (Å²) < 4.78 is 33.6. The number of ether oxygens (including phenoxy) is 1. The molecule has 1 aromatic carbocycles.